The van der Waals surface area contributed by atoms with Crippen molar-refractivity contribution >= 4 is 5.97 Å². The minimum absolute atomic E-state index is 0.0533. The zero-order valence-electron chi connectivity index (χ0n) is 12.5. The summed E-state index contributed by atoms with van der Waals surface area (Å²) in [7, 11) is 0. The largest absolute Gasteiger partial charge is 0.458 e. The van der Waals surface area contributed by atoms with Crippen LogP contribution in [0.4, 0.5) is 0 Å². The number of nitrogens with zero attached hydrogens (tertiary/aromatic N) is 1. The Morgan fingerprint density at radius 1 is 1.30 bits per heavy atom. The third kappa shape index (κ3) is 2.22. The van der Waals surface area contributed by atoms with Gasteiger partial charge in [0.15, 0.2) is 0 Å². The predicted molar refractivity (Wildman–Crippen MR) is 74.7 cm³/mol. The average molecular weight is 275 g/mol. The summed E-state index contributed by atoms with van der Waals surface area (Å²) in [4.78, 5) is 16.7. The summed E-state index contributed by atoms with van der Waals surface area (Å²) < 4.78 is 11.6. The molecule has 0 amide bonds. The van der Waals surface area contributed by atoms with Gasteiger partial charge in [-0.2, -0.15) is 0 Å². The van der Waals surface area contributed by atoms with E-state index in [-0.39, 0.29) is 29.5 Å². The fourth-order valence-corrected chi connectivity index (χ4v) is 2.99. The molecule has 1 fully saturated rings. The molecule has 20 heavy (non-hydrogen) atoms. The van der Waals surface area contributed by atoms with Gasteiger partial charge in [0.25, 0.3) is 0 Å². The van der Waals surface area contributed by atoms with Gasteiger partial charge in [-0.1, -0.05) is 20.8 Å². The standard InChI is InChI=1S/C16H21NO3/c1-9-5-6-10-14(17-9)11-8-19-13(16(2,3)4)7-12(11)20-15(10)18/h5-6,11-13H,7-8H2,1-4H3. The van der Waals surface area contributed by atoms with Crippen molar-refractivity contribution in [1.29, 1.82) is 0 Å². The number of hydrogen-bond acceptors (Lipinski definition) is 4. The molecule has 3 rings (SSSR count). The number of carbonyl (C=O) groups excluding carboxylic acids is 1. The Balaban J connectivity index is 1.92. The molecular formula is C16H21NO3. The van der Waals surface area contributed by atoms with Gasteiger partial charge in [0.1, 0.15) is 6.10 Å². The third-order valence-electron chi connectivity index (χ3n) is 4.23. The van der Waals surface area contributed by atoms with Crippen molar-refractivity contribution in [2.75, 3.05) is 6.61 Å². The second-order valence-corrected chi connectivity index (χ2v) is 6.86. The van der Waals surface area contributed by atoms with Crippen LogP contribution in [0, 0.1) is 12.3 Å². The van der Waals surface area contributed by atoms with Gasteiger partial charge in [-0.3, -0.25) is 4.98 Å². The zero-order chi connectivity index (χ0) is 14.5. The Morgan fingerprint density at radius 2 is 2.05 bits per heavy atom. The molecule has 3 heterocycles. The van der Waals surface area contributed by atoms with E-state index in [4.69, 9.17) is 9.47 Å². The van der Waals surface area contributed by atoms with E-state index in [1.807, 2.05) is 19.1 Å². The SMILES string of the molecule is Cc1ccc2c(n1)C1COC(C(C)(C)C)CC1OC2=O. The highest BCUT2D eigenvalue weighted by Gasteiger charge is 2.44. The van der Waals surface area contributed by atoms with E-state index in [1.165, 1.54) is 0 Å². The molecule has 1 aromatic rings. The highest BCUT2D eigenvalue weighted by Crippen LogP contribution is 2.40. The van der Waals surface area contributed by atoms with Gasteiger partial charge in [-0.05, 0) is 24.5 Å². The minimum Gasteiger partial charge on any atom is -0.458 e. The second-order valence-electron chi connectivity index (χ2n) is 6.86. The summed E-state index contributed by atoms with van der Waals surface area (Å²) in [5.41, 5.74) is 2.42. The first-order chi connectivity index (χ1) is 9.36. The Kier molecular flexibility index (Phi) is 3.09. The number of pyridine rings is 1. The van der Waals surface area contributed by atoms with Crippen molar-refractivity contribution in [2.24, 2.45) is 5.41 Å². The molecule has 108 valence electrons. The first kappa shape index (κ1) is 13.6. The van der Waals surface area contributed by atoms with Crippen LogP contribution in [0.2, 0.25) is 0 Å². The molecule has 0 aliphatic carbocycles. The van der Waals surface area contributed by atoms with Gasteiger partial charge in [0, 0.05) is 12.1 Å². The minimum atomic E-state index is -0.247. The number of fused-ring (bicyclic) bond motifs is 3. The molecule has 1 saturated heterocycles. The smallest absolute Gasteiger partial charge is 0.340 e. The Morgan fingerprint density at radius 3 is 2.75 bits per heavy atom. The van der Waals surface area contributed by atoms with Crippen LogP contribution in [0.5, 0.6) is 0 Å². The second kappa shape index (κ2) is 4.55. The van der Waals surface area contributed by atoms with Gasteiger partial charge in [-0.25, -0.2) is 4.79 Å². The number of hydrogen-bond donors (Lipinski definition) is 0. The van der Waals surface area contributed by atoms with Crippen molar-refractivity contribution < 1.29 is 14.3 Å². The lowest BCUT2D eigenvalue weighted by atomic mass is 9.79. The van der Waals surface area contributed by atoms with Crippen molar-refractivity contribution in [1.82, 2.24) is 4.98 Å². The number of aromatic nitrogens is 1. The highest BCUT2D eigenvalue weighted by molar-refractivity contribution is 5.92. The van der Waals surface area contributed by atoms with Gasteiger partial charge >= 0.3 is 5.97 Å². The lowest BCUT2D eigenvalue weighted by molar-refractivity contribution is -0.110. The van der Waals surface area contributed by atoms with Gasteiger partial charge in [-0.15, -0.1) is 0 Å². The summed E-state index contributed by atoms with van der Waals surface area (Å²) in [6.07, 6.45) is 0.750. The van der Waals surface area contributed by atoms with E-state index < -0.39 is 0 Å². The Bertz CT molecular complexity index is 547. The molecule has 2 aliphatic rings. The van der Waals surface area contributed by atoms with E-state index in [2.05, 4.69) is 25.8 Å². The average Bonchev–Trinajstić information content (AvgIpc) is 2.37. The maximum absolute atomic E-state index is 12.1. The van der Waals surface area contributed by atoms with Crippen LogP contribution in [0.15, 0.2) is 12.1 Å². The summed E-state index contributed by atoms with van der Waals surface area (Å²) in [5, 5.41) is 0. The summed E-state index contributed by atoms with van der Waals surface area (Å²) in [5.74, 6) is -0.176. The fourth-order valence-electron chi connectivity index (χ4n) is 2.99. The van der Waals surface area contributed by atoms with E-state index in [0.717, 1.165) is 17.8 Å². The Hall–Kier alpha value is -1.42. The topological polar surface area (TPSA) is 48.4 Å². The molecule has 2 aliphatic heterocycles. The molecule has 0 spiro atoms. The van der Waals surface area contributed by atoms with Crippen LogP contribution < -0.4 is 0 Å². The van der Waals surface area contributed by atoms with Crippen LogP contribution in [0.25, 0.3) is 0 Å². The van der Waals surface area contributed by atoms with E-state index in [0.29, 0.717) is 12.2 Å². The summed E-state index contributed by atoms with van der Waals surface area (Å²) in [6, 6.07) is 3.66. The van der Waals surface area contributed by atoms with E-state index >= 15 is 0 Å². The monoisotopic (exact) mass is 275 g/mol. The van der Waals surface area contributed by atoms with Crippen molar-refractivity contribution in [3.8, 4) is 0 Å². The molecule has 0 N–H and O–H groups in total. The van der Waals surface area contributed by atoms with Crippen LogP contribution in [-0.4, -0.2) is 29.8 Å². The molecule has 0 bridgehead atoms. The molecular weight excluding hydrogens is 254 g/mol. The Labute approximate surface area is 119 Å². The van der Waals surface area contributed by atoms with E-state index in [1.54, 1.807) is 0 Å². The number of ether oxygens (including phenoxy) is 2. The first-order valence-corrected chi connectivity index (χ1v) is 7.16. The summed E-state index contributed by atoms with van der Waals surface area (Å²) in [6.45, 7) is 8.97. The highest BCUT2D eigenvalue weighted by atomic mass is 16.6. The maximum Gasteiger partial charge on any atom is 0.340 e. The zero-order valence-corrected chi connectivity index (χ0v) is 12.5. The van der Waals surface area contributed by atoms with Crippen LogP contribution >= 0.6 is 0 Å². The number of carbonyl (C=O) groups is 1. The molecule has 4 nitrogen and oxygen atoms in total. The van der Waals surface area contributed by atoms with Crippen LogP contribution in [0.1, 0.15) is 54.9 Å². The normalized spacial score (nSPS) is 29.4. The summed E-state index contributed by atoms with van der Waals surface area (Å²) >= 11 is 0. The van der Waals surface area contributed by atoms with Crippen molar-refractivity contribution in [3.63, 3.8) is 0 Å². The fraction of sp³-hybridized carbons (Fsp3) is 0.625. The lowest BCUT2D eigenvalue weighted by Gasteiger charge is -2.43. The van der Waals surface area contributed by atoms with Gasteiger partial charge < -0.3 is 9.47 Å². The molecule has 0 saturated carbocycles. The molecule has 3 unspecified atom stereocenters. The molecule has 0 radical (unpaired) electrons. The van der Waals surface area contributed by atoms with E-state index in [9.17, 15) is 4.79 Å². The lowest BCUT2D eigenvalue weighted by Crippen LogP contribution is -2.46. The predicted octanol–water partition coefficient (Wildman–Crippen LogP) is 2.85. The third-order valence-corrected chi connectivity index (χ3v) is 4.23. The number of esters is 1. The van der Waals surface area contributed by atoms with Gasteiger partial charge in [0.2, 0.25) is 0 Å². The van der Waals surface area contributed by atoms with Crippen LogP contribution in [-0.2, 0) is 9.47 Å². The molecule has 0 aromatic carbocycles. The molecule has 3 atom stereocenters. The number of rotatable bonds is 0. The molecule has 4 heteroatoms. The molecule has 1 aromatic heterocycles. The first-order valence-electron chi connectivity index (χ1n) is 7.16. The maximum atomic E-state index is 12.1. The van der Waals surface area contributed by atoms with Gasteiger partial charge in [0.05, 0.1) is 29.9 Å². The van der Waals surface area contributed by atoms with Crippen molar-refractivity contribution in [2.45, 2.75) is 52.2 Å². The van der Waals surface area contributed by atoms with Crippen LogP contribution in [0.3, 0.4) is 0 Å². The van der Waals surface area contributed by atoms with Crippen molar-refractivity contribution in [3.05, 3.63) is 29.1 Å². The quantitative estimate of drug-likeness (QED) is 0.683. The number of aryl methyl sites for hydroxylation is 1.